The van der Waals surface area contributed by atoms with Crippen molar-refractivity contribution in [3.8, 4) is 11.8 Å². The summed E-state index contributed by atoms with van der Waals surface area (Å²) in [6, 6.07) is 11.3. The van der Waals surface area contributed by atoms with Gasteiger partial charge in [-0.2, -0.15) is 16.6 Å². The minimum atomic E-state index is -0.534. The number of hydrogen-bond acceptors (Lipinski definition) is 5. The normalized spacial score (nSPS) is 12.4. The largest absolute Gasteiger partial charge is 0.348 e. The van der Waals surface area contributed by atoms with Crippen LogP contribution in [0, 0.1) is 18.3 Å². The minimum absolute atomic E-state index is 0.0998. The molecule has 1 amide bonds. The molecule has 0 saturated carbocycles. The molecule has 0 aliphatic heterocycles. The molecule has 0 bridgehead atoms. The van der Waals surface area contributed by atoms with E-state index in [1.807, 2.05) is 48.0 Å². The van der Waals surface area contributed by atoms with Crippen molar-refractivity contribution >= 4 is 40.2 Å². The molecule has 3 rings (SSSR count). The van der Waals surface area contributed by atoms with E-state index in [2.05, 4.69) is 11.9 Å². The number of thiophene rings is 1. The first-order valence-corrected chi connectivity index (χ1v) is 10.2. The van der Waals surface area contributed by atoms with Gasteiger partial charge < -0.3 is 5.32 Å². The van der Waals surface area contributed by atoms with Crippen LogP contribution in [0.4, 0.5) is 0 Å². The molecule has 2 heterocycles. The lowest BCUT2D eigenvalue weighted by molar-refractivity contribution is -0.115. The predicted octanol–water partition coefficient (Wildman–Crippen LogP) is 2.07. The van der Waals surface area contributed by atoms with E-state index in [1.54, 1.807) is 12.1 Å². The molecule has 0 spiro atoms. The first kappa shape index (κ1) is 19.5. The molecular formula is C21H17N3O2S2. The lowest BCUT2D eigenvalue weighted by Crippen LogP contribution is -2.34. The quantitative estimate of drug-likeness (QED) is 0.658. The second-order valence-corrected chi connectivity index (χ2v) is 7.70. The fraction of sp³-hybridized carbons (Fsp3) is 0.0952. The fourth-order valence-electron chi connectivity index (χ4n) is 2.64. The van der Waals surface area contributed by atoms with Crippen molar-refractivity contribution < 1.29 is 4.79 Å². The number of benzene rings is 1. The Kier molecular flexibility index (Phi) is 6.04. The van der Waals surface area contributed by atoms with Gasteiger partial charge in [0.1, 0.15) is 10.7 Å². The molecule has 3 aromatic rings. The van der Waals surface area contributed by atoms with Crippen LogP contribution in [-0.4, -0.2) is 17.0 Å². The van der Waals surface area contributed by atoms with Gasteiger partial charge in [-0.1, -0.05) is 24.3 Å². The number of aromatic nitrogens is 1. The number of nitrogens with zero attached hydrogens (tertiary/aromatic N) is 2. The second kappa shape index (κ2) is 8.65. The lowest BCUT2D eigenvalue weighted by atomic mass is 10.2. The van der Waals surface area contributed by atoms with Crippen molar-refractivity contribution in [3.05, 3.63) is 84.4 Å². The Hall–Kier alpha value is -3.21. The van der Waals surface area contributed by atoms with Crippen molar-refractivity contribution in [2.45, 2.75) is 6.92 Å². The Labute approximate surface area is 169 Å². The van der Waals surface area contributed by atoms with Gasteiger partial charge in [0.05, 0.1) is 10.2 Å². The summed E-state index contributed by atoms with van der Waals surface area (Å²) in [5, 5.41) is 16.1. The number of nitrogens with one attached hydrogen (secondary N) is 1. The molecule has 0 saturated heterocycles. The van der Waals surface area contributed by atoms with E-state index in [9.17, 15) is 14.9 Å². The van der Waals surface area contributed by atoms with E-state index in [1.165, 1.54) is 22.0 Å². The monoisotopic (exact) mass is 407 g/mol. The Morgan fingerprint density at radius 3 is 2.79 bits per heavy atom. The van der Waals surface area contributed by atoms with Gasteiger partial charge >= 0.3 is 0 Å². The van der Waals surface area contributed by atoms with Gasteiger partial charge in [-0.25, -0.2) is 0 Å². The number of hydrogen-bond donors (Lipinski definition) is 1. The average molecular weight is 408 g/mol. The molecule has 1 aromatic carbocycles. The zero-order chi connectivity index (χ0) is 20.1. The molecule has 28 heavy (non-hydrogen) atoms. The van der Waals surface area contributed by atoms with E-state index in [4.69, 9.17) is 0 Å². The van der Waals surface area contributed by atoms with Crippen molar-refractivity contribution in [1.82, 2.24) is 9.88 Å². The summed E-state index contributed by atoms with van der Waals surface area (Å²) in [7, 11) is 0. The van der Waals surface area contributed by atoms with Gasteiger partial charge in [0.2, 0.25) is 0 Å². The van der Waals surface area contributed by atoms with Crippen LogP contribution in [0.5, 0.6) is 0 Å². The number of aryl methyl sites for hydroxylation is 1. The third kappa shape index (κ3) is 3.88. The Morgan fingerprint density at radius 2 is 2.14 bits per heavy atom. The van der Waals surface area contributed by atoms with Crippen LogP contribution in [-0.2, 0) is 4.79 Å². The van der Waals surface area contributed by atoms with Gasteiger partial charge in [-0.05, 0) is 47.0 Å². The highest BCUT2D eigenvalue weighted by atomic mass is 32.1. The van der Waals surface area contributed by atoms with Crippen LogP contribution in [0.1, 0.15) is 11.1 Å². The zero-order valence-corrected chi connectivity index (χ0v) is 16.8. The Bertz CT molecular complexity index is 1240. The number of thiazole rings is 1. The van der Waals surface area contributed by atoms with E-state index in [0.717, 1.165) is 22.5 Å². The van der Waals surface area contributed by atoms with Crippen LogP contribution < -0.4 is 20.1 Å². The van der Waals surface area contributed by atoms with E-state index in [-0.39, 0.29) is 17.7 Å². The number of amides is 1. The number of rotatable bonds is 5. The van der Waals surface area contributed by atoms with Gasteiger partial charge in [-0.15, -0.1) is 17.9 Å². The SMILES string of the molecule is C=CCNC(=O)/C(C#N)=c1\s/c(=C/c2ccsc2)c(=O)n1-c1ccccc1C. The summed E-state index contributed by atoms with van der Waals surface area (Å²) in [5.41, 5.74) is 2.06. The van der Waals surface area contributed by atoms with Crippen molar-refractivity contribution in [2.24, 2.45) is 0 Å². The molecule has 2 aromatic heterocycles. The first-order chi connectivity index (χ1) is 13.6. The summed E-state index contributed by atoms with van der Waals surface area (Å²) in [5.74, 6) is -0.534. The van der Waals surface area contributed by atoms with Gasteiger partial charge in [0, 0.05) is 6.54 Å². The van der Waals surface area contributed by atoms with E-state index >= 15 is 0 Å². The third-order valence-electron chi connectivity index (χ3n) is 3.98. The standard InChI is InChI=1S/C21H17N3O2S2/c1-3-9-23-19(25)16(12-22)21-24(17-7-5-4-6-14(17)2)20(26)18(28-21)11-15-8-10-27-13-15/h3-8,10-11,13H,1,9H2,2H3,(H,23,25)/b18-11+,21-16-. The topological polar surface area (TPSA) is 74.9 Å². The highest BCUT2D eigenvalue weighted by Crippen LogP contribution is 2.11. The summed E-state index contributed by atoms with van der Waals surface area (Å²) in [6.45, 7) is 5.68. The fourth-order valence-corrected chi connectivity index (χ4v) is 4.35. The lowest BCUT2D eigenvalue weighted by Gasteiger charge is -2.07. The van der Waals surface area contributed by atoms with Gasteiger partial charge in [0.25, 0.3) is 11.5 Å². The molecule has 0 fully saturated rings. The van der Waals surface area contributed by atoms with E-state index < -0.39 is 5.91 Å². The van der Waals surface area contributed by atoms with Crippen LogP contribution in [0.2, 0.25) is 0 Å². The summed E-state index contributed by atoms with van der Waals surface area (Å²) in [6.07, 6.45) is 3.31. The Morgan fingerprint density at radius 1 is 1.36 bits per heavy atom. The minimum Gasteiger partial charge on any atom is -0.348 e. The summed E-state index contributed by atoms with van der Waals surface area (Å²) in [4.78, 5) is 25.7. The maximum atomic E-state index is 13.2. The number of nitriles is 1. The highest BCUT2D eigenvalue weighted by molar-refractivity contribution is 7.08. The molecular weight excluding hydrogens is 390 g/mol. The van der Waals surface area contributed by atoms with Crippen molar-refractivity contribution in [2.75, 3.05) is 6.54 Å². The molecule has 0 atom stereocenters. The second-order valence-electron chi connectivity index (χ2n) is 5.89. The zero-order valence-electron chi connectivity index (χ0n) is 15.1. The van der Waals surface area contributed by atoms with E-state index in [0.29, 0.717) is 14.9 Å². The number of para-hydroxylation sites is 1. The number of carbonyl (C=O) groups excluding carboxylic acids is 1. The van der Waals surface area contributed by atoms with Gasteiger partial charge in [-0.3, -0.25) is 14.2 Å². The van der Waals surface area contributed by atoms with Crippen LogP contribution >= 0.6 is 22.7 Å². The molecule has 5 nitrogen and oxygen atoms in total. The molecule has 0 unspecified atom stereocenters. The molecule has 7 heteroatoms. The average Bonchev–Trinajstić information content (AvgIpc) is 3.30. The van der Waals surface area contributed by atoms with Crippen LogP contribution in [0.15, 0.2) is 58.5 Å². The molecule has 140 valence electrons. The van der Waals surface area contributed by atoms with Crippen molar-refractivity contribution in [1.29, 1.82) is 5.26 Å². The molecule has 0 aliphatic carbocycles. The van der Waals surface area contributed by atoms with Crippen LogP contribution in [0.25, 0.3) is 17.3 Å². The maximum Gasteiger partial charge on any atom is 0.273 e. The predicted molar refractivity (Wildman–Crippen MR) is 114 cm³/mol. The first-order valence-electron chi connectivity index (χ1n) is 8.42. The molecule has 0 aliphatic rings. The summed E-state index contributed by atoms with van der Waals surface area (Å²) < 4.78 is 2.22. The maximum absolute atomic E-state index is 13.2. The summed E-state index contributed by atoms with van der Waals surface area (Å²) >= 11 is 2.67. The molecule has 0 radical (unpaired) electrons. The number of carbonyl (C=O) groups is 1. The third-order valence-corrected chi connectivity index (χ3v) is 5.77. The molecule has 1 N–H and O–H groups in total. The smallest absolute Gasteiger partial charge is 0.273 e. The van der Waals surface area contributed by atoms with Crippen molar-refractivity contribution in [3.63, 3.8) is 0 Å². The highest BCUT2D eigenvalue weighted by Gasteiger charge is 2.17. The Balaban J connectivity index is 2.39. The van der Waals surface area contributed by atoms with Crippen LogP contribution in [0.3, 0.4) is 0 Å². The van der Waals surface area contributed by atoms with Gasteiger partial charge in [0.15, 0.2) is 5.57 Å².